The fourth-order valence-electron chi connectivity index (χ4n) is 3.30. The van der Waals surface area contributed by atoms with Gasteiger partial charge in [-0.3, -0.25) is 0 Å². The van der Waals surface area contributed by atoms with E-state index in [1.54, 1.807) is 0 Å². The van der Waals surface area contributed by atoms with Gasteiger partial charge in [0, 0.05) is 6.61 Å². The Hall–Kier alpha value is -0.610. The van der Waals surface area contributed by atoms with E-state index in [-0.39, 0.29) is 5.97 Å². The molecule has 0 saturated heterocycles. The molecular formula is C16H29NO3. The van der Waals surface area contributed by atoms with Crippen molar-refractivity contribution < 1.29 is 14.3 Å². The lowest BCUT2D eigenvalue weighted by atomic mass is 9.90. The fourth-order valence-corrected chi connectivity index (χ4v) is 3.30. The molecule has 1 unspecified atom stereocenters. The third-order valence-corrected chi connectivity index (χ3v) is 4.77. The van der Waals surface area contributed by atoms with Crippen LogP contribution in [-0.4, -0.2) is 38.4 Å². The minimum atomic E-state index is -0.620. The summed E-state index contributed by atoms with van der Waals surface area (Å²) in [6.45, 7) is 3.52. The van der Waals surface area contributed by atoms with E-state index < -0.39 is 5.54 Å². The maximum Gasteiger partial charge on any atom is 0.329 e. The number of hydrogen-bond donors (Lipinski definition) is 1. The molecule has 0 aliphatic heterocycles. The van der Waals surface area contributed by atoms with E-state index in [1.807, 2.05) is 14.0 Å². The second kappa shape index (κ2) is 7.41. The van der Waals surface area contributed by atoms with Crippen LogP contribution < -0.4 is 5.32 Å². The van der Waals surface area contributed by atoms with Gasteiger partial charge in [0.2, 0.25) is 0 Å². The monoisotopic (exact) mass is 283 g/mol. The molecule has 0 spiro atoms. The second-order valence-electron chi connectivity index (χ2n) is 6.24. The van der Waals surface area contributed by atoms with Crippen molar-refractivity contribution in [2.24, 2.45) is 11.8 Å². The molecule has 0 aromatic heterocycles. The van der Waals surface area contributed by atoms with Gasteiger partial charge in [-0.1, -0.05) is 19.3 Å². The largest absolute Gasteiger partial charge is 0.465 e. The topological polar surface area (TPSA) is 47.6 Å². The summed E-state index contributed by atoms with van der Waals surface area (Å²) in [5.74, 6) is 0.909. The first-order valence-electron chi connectivity index (χ1n) is 8.16. The Morgan fingerprint density at radius 1 is 1.20 bits per heavy atom. The Labute approximate surface area is 122 Å². The van der Waals surface area contributed by atoms with Crippen molar-refractivity contribution in [2.75, 3.05) is 26.9 Å². The Morgan fingerprint density at radius 3 is 2.45 bits per heavy atom. The molecule has 0 aromatic rings. The van der Waals surface area contributed by atoms with Gasteiger partial charge in [-0.25, -0.2) is 4.79 Å². The lowest BCUT2D eigenvalue weighted by Crippen LogP contribution is -2.57. The number of carbonyl (C=O) groups is 1. The molecule has 0 aromatic carbocycles. The van der Waals surface area contributed by atoms with Crippen LogP contribution >= 0.6 is 0 Å². The number of rotatable bonds is 8. The molecule has 4 nitrogen and oxygen atoms in total. The summed E-state index contributed by atoms with van der Waals surface area (Å²) in [6.07, 6.45) is 8.74. The molecule has 2 aliphatic carbocycles. The van der Waals surface area contributed by atoms with E-state index in [9.17, 15) is 4.79 Å². The van der Waals surface area contributed by atoms with Crippen LogP contribution in [0.25, 0.3) is 0 Å². The highest BCUT2D eigenvalue weighted by atomic mass is 16.5. The summed E-state index contributed by atoms with van der Waals surface area (Å²) in [5.41, 5.74) is -0.620. The van der Waals surface area contributed by atoms with Crippen LogP contribution in [-0.2, 0) is 14.3 Å². The maximum absolute atomic E-state index is 12.3. The SMILES string of the molecule is CCOC(=O)C(COCC1CCCCC1)(NC)C1CC1. The van der Waals surface area contributed by atoms with Crippen LogP contribution in [0.4, 0.5) is 0 Å². The molecule has 2 fully saturated rings. The van der Waals surface area contributed by atoms with Crippen LogP contribution in [0.5, 0.6) is 0 Å². The maximum atomic E-state index is 12.3. The third-order valence-electron chi connectivity index (χ3n) is 4.77. The summed E-state index contributed by atoms with van der Waals surface area (Å²) in [7, 11) is 1.85. The Balaban J connectivity index is 1.85. The van der Waals surface area contributed by atoms with Crippen molar-refractivity contribution in [3.8, 4) is 0 Å². The minimum Gasteiger partial charge on any atom is -0.465 e. The van der Waals surface area contributed by atoms with Gasteiger partial charge in [-0.05, 0) is 51.5 Å². The number of ether oxygens (including phenoxy) is 2. The van der Waals surface area contributed by atoms with E-state index >= 15 is 0 Å². The molecule has 2 aliphatic rings. The van der Waals surface area contributed by atoms with Gasteiger partial charge >= 0.3 is 5.97 Å². The molecule has 0 bridgehead atoms. The molecule has 0 amide bonds. The third kappa shape index (κ3) is 3.73. The number of likely N-dealkylation sites (N-methyl/N-ethyl adjacent to an activating group) is 1. The van der Waals surface area contributed by atoms with Crippen LogP contribution in [0, 0.1) is 11.8 Å². The van der Waals surface area contributed by atoms with Crippen LogP contribution in [0.2, 0.25) is 0 Å². The number of nitrogens with one attached hydrogen (secondary N) is 1. The molecule has 1 N–H and O–H groups in total. The Morgan fingerprint density at radius 2 is 1.90 bits per heavy atom. The average molecular weight is 283 g/mol. The van der Waals surface area contributed by atoms with E-state index in [4.69, 9.17) is 9.47 Å². The van der Waals surface area contributed by atoms with Crippen molar-refractivity contribution in [3.63, 3.8) is 0 Å². The first kappa shape index (κ1) is 15.8. The summed E-state index contributed by atoms with van der Waals surface area (Å²) >= 11 is 0. The van der Waals surface area contributed by atoms with E-state index in [2.05, 4.69) is 5.32 Å². The van der Waals surface area contributed by atoms with Crippen molar-refractivity contribution in [1.82, 2.24) is 5.32 Å². The highest BCUT2D eigenvalue weighted by molar-refractivity contribution is 5.82. The van der Waals surface area contributed by atoms with E-state index in [1.165, 1.54) is 32.1 Å². The Bertz CT molecular complexity index is 311. The van der Waals surface area contributed by atoms with E-state index in [0.717, 1.165) is 19.4 Å². The van der Waals surface area contributed by atoms with Crippen molar-refractivity contribution in [2.45, 2.75) is 57.4 Å². The van der Waals surface area contributed by atoms with Gasteiger partial charge in [0.05, 0.1) is 13.2 Å². The lowest BCUT2D eigenvalue weighted by Gasteiger charge is -2.32. The van der Waals surface area contributed by atoms with Crippen molar-refractivity contribution >= 4 is 5.97 Å². The van der Waals surface area contributed by atoms with Gasteiger partial charge in [-0.15, -0.1) is 0 Å². The molecule has 1 atom stereocenters. The summed E-state index contributed by atoms with van der Waals surface area (Å²) in [6, 6.07) is 0. The summed E-state index contributed by atoms with van der Waals surface area (Å²) in [5, 5.41) is 3.20. The summed E-state index contributed by atoms with van der Waals surface area (Å²) in [4.78, 5) is 12.3. The predicted molar refractivity (Wildman–Crippen MR) is 78.5 cm³/mol. The fraction of sp³-hybridized carbons (Fsp3) is 0.938. The second-order valence-corrected chi connectivity index (χ2v) is 6.24. The molecule has 116 valence electrons. The molecule has 0 radical (unpaired) electrons. The molecule has 0 heterocycles. The van der Waals surface area contributed by atoms with Gasteiger partial charge in [-0.2, -0.15) is 0 Å². The van der Waals surface area contributed by atoms with Gasteiger partial charge in [0.1, 0.15) is 5.54 Å². The van der Waals surface area contributed by atoms with Gasteiger partial charge < -0.3 is 14.8 Å². The zero-order valence-electron chi connectivity index (χ0n) is 13.0. The average Bonchev–Trinajstić information content (AvgIpc) is 3.30. The highest BCUT2D eigenvalue weighted by Crippen LogP contribution is 2.40. The van der Waals surface area contributed by atoms with Crippen LogP contribution in [0.15, 0.2) is 0 Å². The first-order valence-corrected chi connectivity index (χ1v) is 8.16. The normalized spacial score (nSPS) is 23.3. The molecule has 4 heteroatoms. The number of hydrogen-bond acceptors (Lipinski definition) is 4. The van der Waals surface area contributed by atoms with Crippen molar-refractivity contribution in [1.29, 1.82) is 0 Å². The zero-order valence-corrected chi connectivity index (χ0v) is 13.0. The molecule has 2 saturated carbocycles. The summed E-state index contributed by atoms with van der Waals surface area (Å²) < 4.78 is 11.2. The number of carbonyl (C=O) groups excluding carboxylic acids is 1. The highest BCUT2D eigenvalue weighted by Gasteiger charge is 2.51. The predicted octanol–water partition coefficient (Wildman–Crippen LogP) is 2.51. The smallest absolute Gasteiger partial charge is 0.329 e. The molecular weight excluding hydrogens is 254 g/mol. The lowest BCUT2D eigenvalue weighted by molar-refractivity contribution is -0.155. The van der Waals surface area contributed by atoms with Crippen LogP contribution in [0.3, 0.4) is 0 Å². The Kier molecular flexibility index (Phi) is 5.85. The number of esters is 1. The van der Waals surface area contributed by atoms with Gasteiger partial charge in [0.25, 0.3) is 0 Å². The van der Waals surface area contributed by atoms with Gasteiger partial charge in [0.15, 0.2) is 0 Å². The molecule has 20 heavy (non-hydrogen) atoms. The standard InChI is InChI=1S/C16H29NO3/c1-3-20-15(18)16(17-2,14-9-10-14)12-19-11-13-7-5-4-6-8-13/h13-14,17H,3-12H2,1-2H3. The zero-order chi connectivity index (χ0) is 14.4. The van der Waals surface area contributed by atoms with Crippen LogP contribution in [0.1, 0.15) is 51.9 Å². The van der Waals surface area contributed by atoms with E-state index in [0.29, 0.717) is 25.0 Å². The quantitative estimate of drug-likeness (QED) is 0.695. The molecule has 2 rings (SSSR count). The van der Waals surface area contributed by atoms with Crippen molar-refractivity contribution in [3.05, 3.63) is 0 Å². The first-order chi connectivity index (χ1) is 9.73. The minimum absolute atomic E-state index is 0.145.